The molecule has 78 valence electrons. The van der Waals surface area contributed by atoms with Crippen LogP contribution in [-0.4, -0.2) is 25.3 Å². The summed E-state index contributed by atoms with van der Waals surface area (Å²) < 4.78 is 0. The molecule has 1 aromatic heterocycles. The molecule has 0 spiro atoms. The number of phenolic OH excluding ortho intramolecular Hbond substituents is 2. The van der Waals surface area contributed by atoms with Crippen molar-refractivity contribution in [2.75, 3.05) is 0 Å². The van der Waals surface area contributed by atoms with Gasteiger partial charge in [0, 0.05) is 5.56 Å². The zero-order chi connectivity index (χ0) is 11.0. The Morgan fingerprint density at radius 3 is 2.27 bits per heavy atom. The van der Waals surface area contributed by atoms with Gasteiger partial charge in [-0.2, -0.15) is 0 Å². The average molecular weight is 208 g/mol. The molecular weight excluding hydrogens is 200 g/mol. The van der Waals surface area contributed by atoms with Gasteiger partial charge in [0.2, 0.25) is 5.88 Å². The lowest BCUT2D eigenvalue weighted by molar-refractivity contribution is 0.404. The van der Waals surface area contributed by atoms with Crippen LogP contribution in [0.5, 0.6) is 17.4 Å². The van der Waals surface area contributed by atoms with Crippen molar-refractivity contribution in [2.24, 2.45) is 0 Å². The van der Waals surface area contributed by atoms with Gasteiger partial charge in [0.05, 0.1) is 0 Å². The van der Waals surface area contributed by atoms with Crippen LogP contribution in [-0.2, 0) is 0 Å². The summed E-state index contributed by atoms with van der Waals surface area (Å²) in [6, 6.07) is 3.94. The molecule has 0 bridgehead atoms. The van der Waals surface area contributed by atoms with Gasteiger partial charge in [-0.05, 0) is 18.2 Å². The van der Waals surface area contributed by atoms with Gasteiger partial charge >= 0.3 is 5.69 Å². The maximum atomic E-state index is 10.9. The minimum absolute atomic E-state index is 0.162. The molecule has 0 radical (unpaired) electrons. The minimum atomic E-state index is -0.546. The molecule has 15 heavy (non-hydrogen) atoms. The van der Waals surface area contributed by atoms with E-state index in [4.69, 9.17) is 5.11 Å². The monoisotopic (exact) mass is 208 g/mol. The summed E-state index contributed by atoms with van der Waals surface area (Å²) in [5.74, 6) is -0.907. The van der Waals surface area contributed by atoms with Crippen molar-refractivity contribution >= 4 is 0 Å². The smallest absolute Gasteiger partial charge is 0.326 e. The molecule has 0 aliphatic carbocycles. The summed E-state index contributed by atoms with van der Waals surface area (Å²) in [5, 5.41) is 27.6. The summed E-state index contributed by atoms with van der Waals surface area (Å²) in [6.45, 7) is 0. The van der Waals surface area contributed by atoms with Crippen molar-refractivity contribution in [2.45, 2.75) is 0 Å². The highest BCUT2D eigenvalue weighted by molar-refractivity contribution is 5.67. The summed E-state index contributed by atoms with van der Waals surface area (Å²) >= 11 is 0. The quantitative estimate of drug-likeness (QED) is 0.439. The molecule has 6 heteroatoms. The maximum Gasteiger partial charge on any atom is 0.326 e. The summed E-state index contributed by atoms with van der Waals surface area (Å²) in [4.78, 5) is 15.3. The first-order valence-corrected chi connectivity index (χ1v) is 4.11. The van der Waals surface area contributed by atoms with Crippen LogP contribution in [0.15, 0.2) is 23.0 Å². The second-order valence-electron chi connectivity index (χ2n) is 3.01. The Morgan fingerprint density at radius 2 is 1.73 bits per heavy atom. The Kier molecular flexibility index (Phi) is 1.89. The van der Waals surface area contributed by atoms with Crippen LogP contribution in [0, 0.1) is 0 Å². The largest absolute Gasteiger partial charge is 0.504 e. The van der Waals surface area contributed by atoms with E-state index in [0.717, 1.165) is 0 Å². The highest BCUT2D eigenvalue weighted by Crippen LogP contribution is 2.31. The van der Waals surface area contributed by atoms with Crippen LogP contribution >= 0.6 is 0 Å². The Bertz CT molecular complexity index is 555. The molecule has 0 atom stereocenters. The molecule has 5 N–H and O–H groups in total. The number of nitrogens with one attached hydrogen (secondary N) is 2. The fourth-order valence-corrected chi connectivity index (χ4v) is 1.26. The number of aromatic nitrogens is 2. The van der Waals surface area contributed by atoms with Crippen molar-refractivity contribution < 1.29 is 15.3 Å². The number of H-pyrrole nitrogens is 2. The minimum Gasteiger partial charge on any atom is -0.504 e. The average Bonchev–Trinajstić information content (AvgIpc) is 2.50. The molecule has 2 aromatic rings. The molecule has 6 nitrogen and oxygen atoms in total. The number of imidazole rings is 1. The number of aromatic amines is 2. The molecule has 0 saturated carbocycles. The highest BCUT2D eigenvalue weighted by Gasteiger charge is 2.10. The van der Waals surface area contributed by atoms with Crippen molar-refractivity contribution in [3.8, 4) is 28.6 Å². The predicted octanol–water partition coefficient (Wildman–Crippen LogP) is 0.487. The Hall–Kier alpha value is -2.37. The molecule has 2 rings (SSSR count). The van der Waals surface area contributed by atoms with Crippen LogP contribution < -0.4 is 5.69 Å². The van der Waals surface area contributed by atoms with Gasteiger partial charge in [0.1, 0.15) is 5.69 Å². The topological polar surface area (TPSA) is 109 Å². The van der Waals surface area contributed by atoms with Crippen molar-refractivity contribution in [3.63, 3.8) is 0 Å². The van der Waals surface area contributed by atoms with Gasteiger partial charge in [0.25, 0.3) is 0 Å². The number of benzene rings is 1. The molecule has 1 heterocycles. The Labute approximate surface area is 83.5 Å². The van der Waals surface area contributed by atoms with Crippen LogP contribution in [0.4, 0.5) is 0 Å². The first-order valence-electron chi connectivity index (χ1n) is 4.11. The Morgan fingerprint density at radius 1 is 1.00 bits per heavy atom. The standard InChI is InChI=1S/C9H8N2O4/c12-5-2-1-4(3-6(5)13)7-8(14)11-9(15)10-7/h1-3,12-14H,(H2,10,11,15). The van der Waals surface area contributed by atoms with E-state index < -0.39 is 5.69 Å². The van der Waals surface area contributed by atoms with E-state index in [0.29, 0.717) is 5.56 Å². The van der Waals surface area contributed by atoms with Gasteiger partial charge in [-0.25, -0.2) is 4.79 Å². The Balaban J connectivity index is 2.59. The second kappa shape index (κ2) is 3.09. The maximum absolute atomic E-state index is 10.9. The van der Waals surface area contributed by atoms with Crippen molar-refractivity contribution in [1.29, 1.82) is 0 Å². The lowest BCUT2D eigenvalue weighted by Crippen LogP contribution is -1.99. The second-order valence-corrected chi connectivity index (χ2v) is 3.01. The van der Waals surface area contributed by atoms with Gasteiger partial charge < -0.3 is 20.3 Å². The molecular formula is C9H8N2O4. The van der Waals surface area contributed by atoms with Crippen LogP contribution in [0.3, 0.4) is 0 Å². The number of phenols is 2. The van der Waals surface area contributed by atoms with Crippen molar-refractivity contribution in [1.82, 2.24) is 9.97 Å². The molecule has 0 unspecified atom stereocenters. The van der Waals surface area contributed by atoms with Crippen LogP contribution in [0.1, 0.15) is 0 Å². The number of rotatable bonds is 1. The fraction of sp³-hybridized carbons (Fsp3) is 0. The number of aromatic hydroxyl groups is 3. The van der Waals surface area contributed by atoms with Gasteiger partial charge in [-0.3, -0.25) is 4.98 Å². The highest BCUT2D eigenvalue weighted by atomic mass is 16.3. The first-order chi connectivity index (χ1) is 7.08. The molecule has 0 aliphatic heterocycles. The summed E-state index contributed by atoms with van der Waals surface area (Å²) in [6.07, 6.45) is 0. The molecule has 0 amide bonds. The third-order valence-corrected chi connectivity index (χ3v) is 1.97. The molecule has 0 saturated heterocycles. The summed E-state index contributed by atoms with van der Waals surface area (Å²) in [5.41, 5.74) is 0.00603. The first kappa shape index (κ1) is 9.20. The van der Waals surface area contributed by atoms with E-state index >= 15 is 0 Å². The van der Waals surface area contributed by atoms with Gasteiger partial charge in [0.15, 0.2) is 11.5 Å². The molecule has 0 fully saturated rings. The molecule has 1 aromatic carbocycles. The third-order valence-electron chi connectivity index (χ3n) is 1.97. The van der Waals surface area contributed by atoms with Gasteiger partial charge in [-0.1, -0.05) is 0 Å². The van der Waals surface area contributed by atoms with Gasteiger partial charge in [-0.15, -0.1) is 0 Å². The van der Waals surface area contributed by atoms with E-state index in [1.807, 2.05) is 0 Å². The van der Waals surface area contributed by atoms with E-state index in [-0.39, 0.29) is 23.1 Å². The fourth-order valence-electron chi connectivity index (χ4n) is 1.26. The number of hydrogen-bond acceptors (Lipinski definition) is 4. The zero-order valence-corrected chi connectivity index (χ0v) is 7.48. The number of hydrogen-bond donors (Lipinski definition) is 5. The van der Waals surface area contributed by atoms with E-state index in [1.54, 1.807) is 0 Å². The van der Waals surface area contributed by atoms with E-state index in [2.05, 4.69) is 9.97 Å². The predicted molar refractivity (Wildman–Crippen MR) is 51.8 cm³/mol. The van der Waals surface area contributed by atoms with E-state index in [1.165, 1.54) is 18.2 Å². The van der Waals surface area contributed by atoms with Crippen molar-refractivity contribution in [3.05, 3.63) is 28.7 Å². The van der Waals surface area contributed by atoms with Crippen LogP contribution in [0.2, 0.25) is 0 Å². The van der Waals surface area contributed by atoms with E-state index in [9.17, 15) is 15.0 Å². The SMILES string of the molecule is O=c1[nH]c(O)c(-c2ccc(O)c(O)c2)[nH]1. The van der Waals surface area contributed by atoms with Crippen LogP contribution in [0.25, 0.3) is 11.3 Å². The lowest BCUT2D eigenvalue weighted by atomic mass is 10.1. The zero-order valence-electron chi connectivity index (χ0n) is 7.48. The third kappa shape index (κ3) is 1.52. The molecule has 0 aliphatic rings. The lowest BCUT2D eigenvalue weighted by Gasteiger charge is -2.01. The normalized spacial score (nSPS) is 10.4. The summed E-state index contributed by atoms with van der Waals surface area (Å²) in [7, 11) is 0.